The third-order valence-corrected chi connectivity index (χ3v) is 5.17. The number of amides is 1. The first-order chi connectivity index (χ1) is 12.7. The smallest absolute Gasteiger partial charge is 0.410 e. The van der Waals surface area contributed by atoms with Gasteiger partial charge in [-0.05, 0) is 46.1 Å². The van der Waals surface area contributed by atoms with Crippen LogP contribution in [0.15, 0.2) is 18.2 Å². The van der Waals surface area contributed by atoms with Crippen LogP contribution in [-0.2, 0) is 4.74 Å². The van der Waals surface area contributed by atoms with Crippen LogP contribution < -0.4 is 4.74 Å². The molecule has 1 amide bonds. The molecule has 2 aromatic rings. The van der Waals surface area contributed by atoms with E-state index in [1.807, 2.05) is 20.8 Å². The van der Waals surface area contributed by atoms with E-state index in [9.17, 15) is 14.9 Å². The fourth-order valence-electron chi connectivity index (χ4n) is 2.97. The Kier molecular flexibility index (Phi) is 5.50. The van der Waals surface area contributed by atoms with Gasteiger partial charge in [0.25, 0.3) is 10.9 Å². The van der Waals surface area contributed by atoms with E-state index in [4.69, 9.17) is 9.47 Å². The molecule has 1 aliphatic rings. The molecule has 1 saturated heterocycles. The van der Waals surface area contributed by atoms with E-state index in [2.05, 4.69) is 4.98 Å². The van der Waals surface area contributed by atoms with Crippen molar-refractivity contribution in [3.8, 4) is 5.19 Å². The van der Waals surface area contributed by atoms with Gasteiger partial charge in [0.05, 0.1) is 21.2 Å². The lowest BCUT2D eigenvalue weighted by Crippen LogP contribution is -2.48. The van der Waals surface area contributed by atoms with Crippen molar-refractivity contribution in [3.05, 3.63) is 28.3 Å². The number of rotatable bonds is 4. The van der Waals surface area contributed by atoms with Crippen molar-refractivity contribution < 1.29 is 19.2 Å². The highest BCUT2D eigenvalue weighted by atomic mass is 32.1. The number of hydrogen-bond donors (Lipinski definition) is 0. The summed E-state index contributed by atoms with van der Waals surface area (Å²) in [4.78, 5) is 28.9. The van der Waals surface area contributed by atoms with E-state index in [0.29, 0.717) is 23.9 Å². The molecule has 0 N–H and O–H groups in total. The molecule has 2 heterocycles. The predicted octanol–water partition coefficient (Wildman–Crippen LogP) is 4.37. The summed E-state index contributed by atoms with van der Waals surface area (Å²) in [6.45, 7) is 6.51. The lowest BCUT2D eigenvalue weighted by molar-refractivity contribution is -0.384. The van der Waals surface area contributed by atoms with Gasteiger partial charge in [-0.2, -0.15) is 0 Å². The maximum Gasteiger partial charge on any atom is 0.410 e. The SMILES string of the molecule is CC(C)(C)OC(=O)N1CCCCC1COc1nc2cc([N+](=O)[O-])ccc2s1. The van der Waals surface area contributed by atoms with E-state index in [0.717, 1.165) is 24.0 Å². The van der Waals surface area contributed by atoms with Crippen LogP contribution in [0.2, 0.25) is 0 Å². The van der Waals surface area contributed by atoms with Gasteiger partial charge < -0.3 is 14.4 Å². The van der Waals surface area contributed by atoms with Crippen LogP contribution in [0.5, 0.6) is 5.19 Å². The van der Waals surface area contributed by atoms with Crippen LogP contribution in [0, 0.1) is 10.1 Å². The summed E-state index contributed by atoms with van der Waals surface area (Å²) >= 11 is 1.34. The number of likely N-dealkylation sites (tertiary alicyclic amines) is 1. The Morgan fingerprint density at radius 1 is 1.41 bits per heavy atom. The number of nitro benzene ring substituents is 1. The number of aromatic nitrogens is 1. The zero-order chi connectivity index (χ0) is 19.6. The second-order valence-corrected chi connectivity index (χ2v) is 8.52. The van der Waals surface area contributed by atoms with E-state index in [1.165, 1.54) is 23.5 Å². The molecule has 1 aromatic heterocycles. The number of non-ortho nitro benzene ring substituents is 1. The number of nitro groups is 1. The maximum atomic E-state index is 12.4. The van der Waals surface area contributed by atoms with Crippen LogP contribution in [0.25, 0.3) is 10.2 Å². The van der Waals surface area contributed by atoms with E-state index in [1.54, 1.807) is 11.0 Å². The van der Waals surface area contributed by atoms with Gasteiger partial charge in [-0.25, -0.2) is 9.78 Å². The molecule has 1 aromatic carbocycles. The summed E-state index contributed by atoms with van der Waals surface area (Å²) < 4.78 is 12.1. The molecule has 9 heteroatoms. The third-order valence-electron chi connectivity index (χ3n) is 4.22. The lowest BCUT2D eigenvalue weighted by atomic mass is 10.0. The largest absolute Gasteiger partial charge is 0.468 e. The Hall–Kier alpha value is -2.42. The second kappa shape index (κ2) is 7.67. The Balaban J connectivity index is 1.67. The average Bonchev–Trinajstić information content (AvgIpc) is 3.00. The first-order valence-electron chi connectivity index (χ1n) is 8.90. The van der Waals surface area contributed by atoms with Gasteiger partial charge in [0.15, 0.2) is 0 Å². The number of piperidine rings is 1. The quantitative estimate of drug-likeness (QED) is 0.565. The van der Waals surface area contributed by atoms with Gasteiger partial charge >= 0.3 is 6.09 Å². The van der Waals surface area contributed by atoms with E-state index in [-0.39, 0.29) is 17.8 Å². The topological polar surface area (TPSA) is 94.8 Å². The molecule has 1 aliphatic heterocycles. The Bertz CT molecular complexity index is 845. The normalized spacial score (nSPS) is 17.7. The van der Waals surface area contributed by atoms with Gasteiger partial charge in [0.2, 0.25) is 0 Å². The van der Waals surface area contributed by atoms with Crippen molar-refractivity contribution in [2.75, 3.05) is 13.2 Å². The van der Waals surface area contributed by atoms with Gasteiger partial charge in [0.1, 0.15) is 12.2 Å². The number of fused-ring (bicyclic) bond motifs is 1. The minimum atomic E-state index is -0.540. The lowest BCUT2D eigenvalue weighted by Gasteiger charge is -2.36. The zero-order valence-electron chi connectivity index (χ0n) is 15.6. The molecule has 0 bridgehead atoms. The molecule has 0 radical (unpaired) electrons. The highest BCUT2D eigenvalue weighted by Crippen LogP contribution is 2.31. The molecule has 3 rings (SSSR count). The molecule has 0 spiro atoms. The maximum absolute atomic E-state index is 12.4. The van der Waals surface area contributed by atoms with Gasteiger partial charge in [-0.15, -0.1) is 0 Å². The molecule has 8 nitrogen and oxygen atoms in total. The minimum absolute atomic E-state index is 0.00253. The van der Waals surface area contributed by atoms with E-state index < -0.39 is 10.5 Å². The summed E-state index contributed by atoms with van der Waals surface area (Å²) in [5.74, 6) is 0. The standard InChI is InChI=1S/C18H23N3O5S/c1-18(2,3)26-17(22)20-9-5-4-6-13(20)11-25-16-19-14-10-12(21(23)24)7-8-15(14)27-16/h7-8,10,13H,4-6,9,11H2,1-3H3. The summed E-state index contributed by atoms with van der Waals surface area (Å²) in [5.41, 5.74) is 0.00128. The summed E-state index contributed by atoms with van der Waals surface area (Å²) in [7, 11) is 0. The molecule has 27 heavy (non-hydrogen) atoms. The number of thiazole rings is 1. The molecular weight excluding hydrogens is 370 g/mol. The number of benzene rings is 1. The average molecular weight is 393 g/mol. The van der Waals surface area contributed by atoms with Crippen molar-refractivity contribution in [2.45, 2.75) is 51.7 Å². The number of hydrogen-bond acceptors (Lipinski definition) is 7. The molecule has 1 atom stereocenters. The number of nitrogens with zero attached hydrogens (tertiary/aromatic N) is 3. The molecule has 0 aliphatic carbocycles. The van der Waals surface area contributed by atoms with Crippen molar-refractivity contribution in [1.29, 1.82) is 0 Å². The number of carbonyl (C=O) groups is 1. The number of carbonyl (C=O) groups excluding carboxylic acids is 1. The van der Waals surface area contributed by atoms with Crippen LogP contribution in [0.3, 0.4) is 0 Å². The van der Waals surface area contributed by atoms with Crippen LogP contribution >= 0.6 is 11.3 Å². The highest BCUT2D eigenvalue weighted by Gasteiger charge is 2.31. The van der Waals surface area contributed by atoms with Crippen molar-refractivity contribution in [1.82, 2.24) is 9.88 Å². The van der Waals surface area contributed by atoms with Crippen molar-refractivity contribution >= 4 is 33.3 Å². The molecule has 1 unspecified atom stereocenters. The van der Waals surface area contributed by atoms with Crippen LogP contribution in [-0.4, -0.2) is 45.7 Å². The Morgan fingerprint density at radius 3 is 2.89 bits per heavy atom. The first-order valence-corrected chi connectivity index (χ1v) is 9.72. The van der Waals surface area contributed by atoms with E-state index >= 15 is 0 Å². The fourth-order valence-corrected chi connectivity index (χ4v) is 3.78. The second-order valence-electron chi connectivity index (χ2n) is 7.52. The summed E-state index contributed by atoms with van der Waals surface area (Å²) in [5, 5.41) is 11.3. The zero-order valence-corrected chi connectivity index (χ0v) is 16.5. The monoisotopic (exact) mass is 393 g/mol. The van der Waals surface area contributed by atoms with Gasteiger partial charge in [0, 0.05) is 18.7 Å². The third kappa shape index (κ3) is 4.85. The summed E-state index contributed by atoms with van der Waals surface area (Å²) in [6, 6.07) is 4.49. The highest BCUT2D eigenvalue weighted by molar-refractivity contribution is 7.20. The Morgan fingerprint density at radius 2 is 2.19 bits per heavy atom. The van der Waals surface area contributed by atoms with Crippen molar-refractivity contribution in [3.63, 3.8) is 0 Å². The molecule has 0 saturated carbocycles. The fraction of sp³-hybridized carbons (Fsp3) is 0.556. The van der Waals surface area contributed by atoms with Crippen molar-refractivity contribution in [2.24, 2.45) is 0 Å². The minimum Gasteiger partial charge on any atom is -0.468 e. The number of ether oxygens (including phenoxy) is 2. The summed E-state index contributed by atoms with van der Waals surface area (Å²) in [6.07, 6.45) is 2.49. The van der Waals surface area contributed by atoms with Crippen LogP contribution in [0.4, 0.5) is 10.5 Å². The van der Waals surface area contributed by atoms with Crippen LogP contribution in [0.1, 0.15) is 40.0 Å². The first kappa shape index (κ1) is 19.3. The predicted molar refractivity (Wildman–Crippen MR) is 102 cm³/mol. The Labute approximate surface area is 161 Å². The molecule has 146 valence electrons. The molecular formula is C18H23N3O5S. The molecule has 1 fully saturated rings. The van der Waals surface area contributed by atoms with Gasteiger partial charge in [-0.3, -0.25) is 10.1 Å². The van der Waals surface area contributed by atoms with Gasteiger partial charge in [-0.1, -0.05) is 11.3 Å².